The molecular weight excluding hydrogens is 264 g/mol. The van der Waals surface area contributed by atoms with Crippen LogP contribution in [0.15, 0.2) is 42.5 Å². The highest BCUT2D eigenvalue weighted by Crippen LogP contribution is 2.20. The summed E-state index contributed by atoms with van der Waals surface area (Å²) >= 11 is 5.89. The molecule has 0 amide bonds. The summed E-state index contributed by atoms with van der Waals surface area (Å²) in [6.45, 7) is 2.34. The second-order valence-electron chi connectivity index (χ2n) is 4.22. The standard InChI is InChI=1S/C15H13ClO3/c1-10-3-2-4-12(7-10)19-9-11-5-6-13(15(17)18)14(16)8-11/h2-8H,9H2,1H3,(H,17,18). The summed E-state index contributed by atoms with van der Waals surface area (Å²) in [4.78, 5) is 10.8. The van der Waals surface area contributed by atoms with Crippen molar-refractivity contribution in [2.24, 2.45) is 0 Å². The lowest BCUT2D eigenvalue weighted by Gasteiger charge is -2.08. The fraction of sp³-hybridized carbons (Fsp3) is 0.133. The maximum Gasteiger partial charge on any atom is 0.337 e. The molecule has 2 rings (SSSR count). The monoisotopic (exact) mass is 276 g/mol. The van der Waals surface area contributed by atoms with Gasteiger partial charge in [0, 0.05) is 0 Å². The highest BCUT2D eigenvalue weighted by Gasteiger charge is 2.08. The van der Waals surface area contributed by atoms with Crippen LogP contribution >= 0.6 is 11.6 Å². The van der Waals surface area contributed by atoms with Crippen molar-refractivity contribution in [1.82, 2.24) is 0 Å². The maximum atomic E-state index is 10.8. The van der Waals surface area contributed by atoms with Gasteiger partial charge >= 0.3 is 5.97 Å². The Labute approximate surface area is 116 Å². The molecule has 0 radical (unpaired) electrons. The van der Waals surface area contributed by atoms with E-state index >= 15 is 0 Å². The summed E-state index contributed by atoms with van der Waals surface area (Å²) in [6, 6.07) is 12.5. The van der Waals surface area contributed by atoms with Gasteiger partial charge in [0.25, 0.3) is 0 Å². The van der Waals surface area contributed by atoms with E-state index < -0.39 is 5.97 Å². The van der Waals surface area contributed by atoms with Gasteiger partial charge in [0.2, 0.25) is 0 Å². The van der Waals surface area contributed by atoms with E-state index in [-0.39, 0.29) is 10.6 Å². The second-order valence-corrected chi connectivity index (χ2v) is 4.63. The third-order valence-corrected chi connectivity index (χ3v) is 2.97. The van der Waals surface area contributed by atoms with E-state index in [1.165, 1.54) is 6.07 Å². The number of rotatable bonds is 4. The number of ether oxygens (including phenoxy) is 1. The Hall–Kier alpha value is -2.00. The van der Waals surface area contributed by atoms with E-state index in [0.29, 0.717) is 6.61 Å². The predicted molar refractivity (Wildman–Crippen MR) is 73.9 cm³/mol. The molecule has 2 aromatic carbocycles. The minimum absolute atomic E-state index is 0.0981. The Balaban J connectivity index is 2.08. The minimum Gasteiger partial charge on any atom is -0.489 e. The number of carboxylic acid groups (broad SMARTS) is 1. The summed E-state index contributed by atoms with van der Waals surface area (Å²) in [5.74, 6) is -0.255. The Morgan fingerprint density at radius 1 is 1.26 bits per heavy atom. The third kappa shape index (κ3) is 3.48. The molecule has 0 unspecified atom stereocenters. The first-order valence-electron chi connectivity index (χ1n) is 5.77. The van der Waals surface area contributed by atoms with Crippen LogP contribution in [0.5, 0.6) is 5.75 Å². The van der Waals surface area contributed by atoms with Gasteiger partial charge < -0.3 is 9.84 Å². The van der Waals surface area contributed by atoms with Crippen molar-refractivity contribution in [2.45, 2.75) is 13.5 Å². The smallest absolute Gasteiger partial charge is 0.337 e. The van der Waals surface area contributed by atoms with Gasteiger partial charge in [-0.15, -0.1) is 0 Å². The molecular formula is C15H13ClO3. The van der Waals surface area contributed by atoms with Crippen molar-refractivity contribution in [1.29, 1.82) is 0 Å². The fourth-order valence-corrected chi connectivity index (χ4v) is 1.98. The van der Waals surface area contributed by atoms with Crippen LogP contribution in [0.1, 0.15) is 21.5 Å². The van der Waals surface area contributed by atoms with Gasteiger partial charge in [-0.05, 0) is 42.3 Å². The summed E-state index contributed by atoms with van der Waals surface area (Å²) in [5, 5.41) is 9.10. The molecule has 1 N–H and O–H groups in total. The first-order valence-corrected chi connectivity index (χ1v) is 6.15. The Kier molecular flexibility index (Phi) is 4.07. The van der Waals surface area contributed by atoms with Gasteiger partial charge in [-0.2, -0.15) is 0 Å². The molecule has 3 nitrogen and oxygen atoms in total. The molecule has 2 aromatic rings. The van der Waals surface area contributed by atoms with Crippen LogP contribution in [0.25, 0.3) is 0 Å². The number of hydrogen-bond acceptors (Lipinski definition) is 2. The van der Waals surface area contributed by atoms with Crippen LogP contribution in [0, 0.1) is 6.92 Å². The SMILES string of the molecule is Cc1cccc(OCc2ccc(C(=O)O)c(Cl)c2)c1. The number of aryl methyl sites for hydroxylation is 1. The average molecular weight is 277 g/mol. The number of benzene rings is 2. The van der Waals surface area contributed by atoms with E-state index in [9.17, 15) is 4.79 Å². The molecule has 0 aliphatic carbocycles. The van der Waals surface area contributed by atoms with E-state index in [0.717, 1.165) is 16.9 Å². The zero-order valence-corrected chi connectivity index (χ0v) is 11.1. The number of carboxylic acids is 1. The van der Waals surface area contributed by atoms with Crippen LogP contribution in [-0.2, 0) is 6.61 Å². The van der Waals surface area contributed by atoms with Crippen LogP contribution in [-0.4, -0.2) is 11.1 Å². The molecule has 0 aliphatic heterocycles. The number of aromatic carboxylic acids is 1. The Morgan fingerprint density at radius 2 is 2.05 bits per heavy atom. The molecule has 4 heteroatoms. The third-order valence-electron chi connectivity index (χ3n) is 2.66. The summed E-state index contributed by atoms with van der Waals surface area (Å²) < 4.78 is 5.62. The number of carbonyl (C=O) groups is 1. The Morgan fingerprint density at radius 3 is 2.68 bits per heavy atom. The molecule has 0 spiro atoms. The molecule has 0 fully saturated rings. The van der Waals surface area contributed by atoms with E-state index in [4.69, 9.17) is 21.4 Å². The van der Waals surface area contributed by atoms with Gasteiger partial charge in [-0.3, -0.25) is 0 Å². The normalized spacial score (nSPS) is 10.2. The van der Waals surface area contributed by atoms with Crippen molar-refractivity contribution in [3.8, 4) is 5.75 Å². The van der Waals surface area contributed by atoms with Crippen LogP contribution in [0.3, 0.4) is 0 Å². The van der Waals surface area contributed by atoms with Crippen molar-refractivity contribution in [2.75, 3.05) is 0 Å². The lowest BCUT2D eigenvalue weighted by atomic mass is 10.1. The summed E-state index contributed by atoms with van der Waals surface area (Å²) in [6.07, 6.45) is 0. The van der Waals surface area contributed by atoms with Crippen molar-refractivity contribution in [3.05, 3.63) is 64.2 Å². The van der Waals surface area contributed by atoms with E-state index in [1.807, 2.05) is 31.2 Å². The zero-order chi connectivity index (χ0) is 13.8. The number of hydrogen-bond donors (Lipinski definition) is 1. The average Bonchev–Trinajstić information content (AvgIpc) is 2.36. The van der Waals surface area contributed by atoms with Crippen LogP contribution in [0.2, 0.25) is 5.02 Å². The van der Waals surface area contributed by atoms with Gasteiger partial charge in [-0.25, -0.2) is 4.79 Å². The van der Waals surface area contributed by atoms with Crippen LogP contribution < -0.4 is 4.74 Å². The van der Waals surface area contributed by atoms with Crippen LogP contribution in [0.4, 0.5) is 0 Å². The van der Waals surface area contributed by atoms with Crippen molar-refractivity contribution < 1.29 is 14.6 Å². The molecule has 0 saturated carbocycles. The first kappa shape index (κ1) is 13.4. The van der Waals surface area contributed by atoms with Gasteiger partial charge in [0.15, 0.2) is 0 Å². The van der Waals surface area contributed by atoms with E-state index in [1.54, 1.807) is 12.1 Å². The van der Waals surface area contributed by atoms with E-state index in [2.05, 4.69) is 0 Å². The molecule has 0 saturated heterocycles. The minimum atomic E-state index is -1.03. The molecule has 0 aliphatic rings. The molecule has 98 valence electrons. The second kappa shape index (κ2) is 5.76. The fourth-order valence-electron chi connectivity index (χ4n) is 1.69. The lowest BCUT2D eigenvalue weighted by molar-refractivity contribution is 0.0697. The van der Waals surface area contributed by atoms with Crippen molar-refractivity contribution in [3.63, 3.8) is 0 Å². The predicted octanol–water partition coefficient (Wildman–Crippen LogP) is 3.93. The molecule has 19 heavy (non-hydrogen) atoms. The molecule has 0 atom stereocenters. The van der Waals surface area contributed by atoms with Crippen molar-refractivity contribution >= 4 is 17.6 Å². The quantitative estimate of drug-likeness (QED) is 0.920. The maximum absolute atomic E-state index is 10.8. The zero-order valence-electron chi connectivity index (χ0n) is 10.4. The summed E-state index contributed by atoms with van der Waals surface area (Å²) in [5.41, 5.74) is 2.05. The highest BCUT2D eigenvalue weighted by molar-refractivity contribution is 6.33. The largest absolute Gasteiger partial charge is 0.489 e. The number of halogens is 1. The topological polar surface area (TPSA) is 46.5 Å². The molecule has 0 heterocycles. The Bertz CT molecular complexity index is 608. The van der Waals surface area contributed by atoms with Gasteiger partial charge in [-0.1, -0.05) is 29.8 Å². The van der Waals surface area contributed by atoms with Gasteiger partial charge in [0.05, 0.1) is 10.6 Å². The highest BCUT2D eigenvalue weighted by atomic mass is 35.5. The first-order chi connectivity index (χ1) is 9.06. The molecule has 0 aromatic heterocycles. The van der Waals surface area contributed by atoms with Gasteiger partial charge in [0.1, 0.15) is 12.4 Å². The molecule has 0 bridgehead atoms. The summed E-state index contributed by atoms with van der Waals surface area (Å²) in [7, 11) is 0. The lowest BCUT2D eigenvalue weighted by Crippen LogP contribution is -2.00.